The van der Waals surface area contributed by atoms with Crippen molar-refractivity contribution in [3.63, 3.8) is 0 Å². The van der Waals surface area contributed by atoms with Crippen molar-refractivity contribution in [3.8, 4) is 5.75 Å². The Morgan fingerprint density at radius 3 is 2.33 bits per heavy atom. The Kier molecular flexibility index (Phi) is 7.87. The van der Waals surface area contributed by atoms with Gasteiger partial charge in [0, 0.05) is 0 Å². The van der Waals surface area contributed by atoms with Gasteiger partial charge in [0.25, 0.3) is 5.91 Å². The van der Waals surface area contributed by atoms with Crippen LogP contribution in [0.4, 0.5) is 10.1 Å². The highest BCUT2D eigenvalue weighted by Crippen LogP contribution is 2.17. The van der Waals surface area contributed by atoms with Gasteiger partial charge in [-0.2, -0.15) is 5.10 Å². The molecule has 2 aromatic rings. The molecule has 0 unspecified atom stereocenters. The molecule has 0 fully saturated rings. The number of rotatable bonds is 9. The zero-order valence-electron chi connectivity index (χ0n) is 16.2. The molecule has 0 saturated carbocycles. The average Bonchev–Trinajstić information content (AvgIpc) is 2.71. The van der Waals surface area contributed by atoms with Crippen molar-refractivity contribution in [2.45, 2.75) is 0 Å². The molecule has 2 rings (SSSR count). The van der Waals surface area contributed by atoms with E-state index >= 15 is 0 Å². The first-order valence-corrected chi connectivity index (χ1v) is 10.4. The number of nitrogens with zero attached hydrogens (tertiary/aromatic N) is 2. The van der Waals surface area contributed by atoms with Crippen molar-refractivity contribution >= 4 is 33.8 Å². The largest absolute Gasteiger partial charge is 0.482 e. The Labute approximate surface area is 173 Å². The number of methoxy groups -OCH3 is 1. The fourth-order valence-electron chi connectivity index (χ4n) is 2.20. The molecule has 0 aliphatic carbocycles. The highest BCUT2D eigenvalue weighted by Gasteiger charge is 2.20. The summed E-state index contributed by atoms with van der Waals surface area (Å²) >= 11 is 0. The van der Waals surface area contributed by atoms with Crippen molar-refractivity contribution in [2.24, 2.45) is 5.10 Å². The van der Waals surface area contributed by atoms with Crippen LogP contribution >= 0.6 is 0 Å². The van der Waals surface area contributed by atoms with E-state index in [-0.39, 0.29) is 12.3 Å². The predicted octanol–water partition coefficient (Wildman–Crippen LogP) is 1.29. The zero-order valence-corrected chi connectivity index (χ0v) is 17.1. The van der Waals surface area contributed by atoms with Gasteiger partial charge in [-0.3, -0.25) is 9.10 Å². The number of hydrazone groups is 1. The maximum Gasteiger partial charge on any atom is 0.343 e. The normalized spacial score (nSPS) is 11.2. The second kappa shape index (κ2) is 10.3. The Hall–Kier alpha value is -3.47. The molecule has 160 valence electrons. The summed E-state index contributed by atoms with van der Waals surface area (Å²) in [6.45, 7) is -0.743. The first-order valence-electron chi connectivity index (χ1n) is 8.54. The summed E-state index contributed by atoms with van der Waals surface area (Å²) in [6.07, 6.45) is 2.29. The summed E-state index contributed by atoms with van der Waals surface area (Å²) in [5.74, 6) is -1.26. The Bertz CT molecular complexity index is 1010. The fraction of sp³-hybridized carbons (Fsp3) is 0.211. The first kappa shape index (κ1) is 22.8. The predicted molar refractivity (Wildman–Crippen MR) is 108 cm³/mol. The van der Waals surface area contributed by atoms with E-state index in [2.05, 4.69) is 15.3 Å². The van der Waals surface area contributed by atoms with Gasteiger partial charge in [0.15, 0.2) is 6.61 Å². The van der Waals surface area contributed by atoms with Gasteiger partial charge < -0.3 is 9.47 Å². The molecule has 0 aliphatic rings. The second-order valence-electron chi connectivity index (χ2n) is 5.97. The average molecular weight is 437 g/mol. The van der Waals surface area contributed by atoms with E-state index < -0.39 is 34.3 Å². The van der Waals surface area contributed by atoms with E-state index in [0.717, 1.165) is 22.7 Å². The smallest absolute Gasteiger partial charge is 0.343 e. The van der Waals surface area contributed by atoms with Crippen LogP contribution in [-0.4, -0.2) is 53.0 Å². The number of nitrogens with one attached hydrogen (secondary N) is 1. The van der Waals surface area contributed by atoms with Gasteiger partial charge in [-0.15, -0.1) is 0 Å². The fourth-order valence-corrected chi connectivity index (χ4v) is 3.06. The minimum absolute atomic E-state index is 0.153. The third kappa shape index (κ3) is 7.17. The Morgan fingerprint density at radius 2 is 1.77 bits per heavy atom. The van der Waals surface area contributed by atoms with E-state index in [4.69, 9.17) is 4.74 Å². The SMILES string of the molecule is COC(=O)COc1ccc(/C=N\NC(=O)CN(c2ccc(F)cc2)S(C)(=O)=O)cc1. The van der Waals surface area contributed by atoms with Crippen molar-refractivity contribution in [3.05, 3.63) is 59.9 Å². The number of anilines is 1. The van der Waals surface area contributed by atoms with Gasteiger partial charge in [0.05, 0.1) is 25.3 Å². The van der Waals surface area contributed by atoms with E-state index in [0.29, 0.717) is 11.3 Å². The lowest BCUT2D eigenvalue weighted by molar-refractivity contribution is -0.142. The molecule has 9 nitrogen and oxygen atoms in total. The lowest BCUT2D eigenvalue weighted by atomic mass is 10.2. The third-order valence-corrected chi connectivity index (χ3v) is 4.81. The summed E-state index contributed by atoms with van der Waals surface area (Å²) in [5.41, 5.74) is 3.01. The third-order valence-electron chi connectivity index (χ3n) is 3.67. The number of amides is 1. The van der Waals surface area contributed by atoms with Gasteiger partial charge in [-0.05, 0) is 54.1 Å². The lowest BCUT2D eigenvalue weighted by Crippen LogP contribution is -2.39. The quantitative estimate of drug-likeness (QED) is 0.359. The van der Waals surface area contributed by atoms with Crippen molar-refractivity contribution in [2.75, 3.05) is 30.8 Å². The summed E-state index contributed by atoms with van der Waals surface area (Å²) in [5, 5.41) is 3.78. The van der Waals surface area contributed by atoms with Crippen molar-refractivity contribution in [1.82, 2.24) is 5.43 Å². The number of carbonyl (C=O) groups excluding carboxylic acids is 2. The first-order chi connectivity index (χ1) is 14.2. The van der Waals surface area contributed by atoms with E-state index in [1.54, 1.807) is 24.3 Å². The monoisotopic (exact) mass is 437 g/mol. The highest BCUT2D eigenvalue weighted by molar-refractivity contribution is 7.92. The zero-order chi connectivity index (χ0) is 22.1. The molecule has 0 heterocycles. The molecule has 0 aliphatic heterocycles. The van der Waals surface area contributed by atoms with Crippen molar-refractivity contribution < 1.29 is 31.9 Å². The van der Waals surface area contributed by atoms with Gasteiger partial charge in [-0.25, -0.2) is 23.0 Å². The Morgan fingerprint density at radius 1 is 1.13 bits per heavy atom. The molecule has 0 radical (unpaired) electrons. The van der Waals surface area contributed by atoms with Gasteiger partial charge in [-0.1, -0.05) is 0 Å². The van der Waals surface area contributed by atoms with Crippen molar-refractivity contribution in [1.29, 1.82) is 0 Å². The maximum atomic E-state index is 13.1. The molecule has 0 atom stereocenters. The van der Waals surface area contributed by atoms with E-state index in [1.165, 1.54) is 25.5 Å². The summed E-state index contributed by atoms with van der Waals surface area (Å²) in [7, 11) is -2.51. The number of sulfonamides is 1. The molecule has 0 saturated heterocycles. The number of benzene rings is 2. The van der Waals surface area contributed by atoms with Crippen LogP contribution in [0.2, 0.25) is 0 Å². The van der Waals surface area contributed by atoms with E-state index in [9.17, 15) is 22.4 Å². The summed E-state index contributed by atoms with van der Waals surface area (Å²) in [6, 6.07) is 11.2. The molecule has 30 heavy (non-hydrogen) atoms. The lowest BCUT2D eigenvalue weighted by Gasteiger charge is -2.21. The van der Waals surface area contributed by atoms with Crippen LogP contribution in [0.15, 0.2) is 53.6 Å². The molecule has 0 bridgehead atoms. The molecule has 2 aromatic carbocycles. The minimum atomic E-state index is -3.77. The van der Waals surface area contributed by atoms with Crippen LogP contribution in [-0.2, 0) is 24.3 Å². The maximum absolute atomic E-state index is 13.1. The van der Waals surface area contributed by atoms with Crippen LogP contribution < -0.4 is 14.5 Å². The molecule has 0 spiro atoms. The number of ether oxygens (including phenoxy) is 2. The number of halogens is 1. The molecule has 1 amide bonds. The van der Waals surface area contributed by atoms with Gasteiger partial charge in [0.2, 0.25) is 10.0 Å². The second-order valence-corrected chi connectivity index (χ2v) is 7.88. The Balaban J connectivity index is 1.94. The molecule has 11 heteroatoms. The van der Waals surface area contributed by atoms with Crippen LogP contribution in [0.5, 0.6) is 5.75 Å². The minimum Gasteiger partial charge on any atom is -0.482 e. The van der Waals surface area contributed by atoms with Gasteiger partial charge >= 0.3 is 5.97 Å². The van der Waals surface area contributed by atoms with Crippen LogP contribution in [0, 0.1) is 5.82 Å². The summed E-state index contributed by atoms with van der Waals surface area (Å²) < 4.78 is 47.5. The molecular formula is C19H20FN3O6S. The standard InChI is InChI=1S/C19H20FN3O6S/c1-28-19(25)13-29-17-9-3-14(4-10-17)11-21-22-18(24)12-23(30(2,26)27)16-7-5-15(20)6-8-16/h3-11H,12-13H2,1-2H3,(H,22,24)/b21-11-. The number of hydrogen-bond donors (Lipinski definition) is 1. The highest BCUT2D eigenvalue weighted by atomic mass is 32.2. The number of esters is 1. The topological polar surface area (TPSA) is 114 Å². The number of hydrogen-bond acceptors (Lipinski definition) is 7. The molecule has 1 N–H and O–H groups in total. The molecule has 0 aromatic heterocycles. The summed E-state index contributed by atoms with van der Waals surface area (Å²) in [4.78, 5) is 23.1. The van der Waals surface area contributed by atoms with Crippen LogP contribution in [0.3, 0.4) is 0 Å². The van der Waals surface area contributed by atoms with Crippen LogP contribution in [0.1, 0.15) is 5.56 Å². The van der Waals surface area contributed by atoms with Crippen LogP contribution in [0.25, 0.3) is 0 Å². The van der Waals surface area contributed by atoms with E-state index in [1.807, 2.05) is 0 Å². The number of carbonyl (C=O) groups is 2. The van der Waals surface area contributed by atoms with Gasteiger partial charge in [0.1, 0.15) is 18.1 Å². The molecular weight excluding hydrogens is 417 g/mol.